The van der Waals surface area contributed by atoms with E-state index in [9.17, 15) is 9.59 Å². The Labute approximate surface area is 63.1 Å². The van der Waals surface area contributed by atoms with Crippen LogP contribution < -0.4 is 0 Å². The number of carboxylic acid groups (broad SMARTS) is 1. The number of carbonyl (C=O) groups is 2. The largest absolute Gasteiger partial charge is 0.475 e. The highest BCUT2D eigenvalue weighted by molar-refractivity contribution is 6.32. The van der Waals surface area contributed by atoms with Crippen molar-refractivity contribution in [2.45, 2.75) is 6.54 Å². The van der Waals surface area contributed by atoms with Gasteiger partial charge in [0.05, 0.1) is 6.54 Å². The van der Waals surface area contributed by atoms with Crippen LogP contribution in [0.4, 0.5) is 0 Å². The zero-order valence-electron chi connectivity index (χ0n) is 5.73. The predicted octanol–water partition coefficient (Wildman–Crippen LogP) is 0.142. The number of hydrogen-bond donors (Lipinski definition) is 1. The second kappa shape index (κ2) is 3.01. The summed E-state index contributed by atoms with van der Waals surface area (Å²) in [5.74, 6) is -2.19. The Morgan fingerprint density at radius 1 is 1.27 bits per heavy atom. The minimum Gasteiger partial charge on any atom is -0.475 e. The quantitative estimate of drug-likeness (QED) is 0.628. The van der Waals surface area contributed by atoms with Crippen molar-refractivity contribution < 1.29 is 14.7 Å². The van der Waals surface area contributed by atoms with Crippen LogP contribution in [0, 0.1) is 0 Å². The molecule has 1 N–H and O–H groups in total. The number of carboxylic acids is 1. The molecule has 1 aromatic heterocycles. The zero-order valence-corrected chi connectivity index (χ0v) is 5.73. The number of Topliss-reactive ketones (excluding diaryl/α,β-unsaturated/α-hetero) is 1. The normalized spacial score (nSPS) is 9.45. The summed E-state index contributed by atoms with van der Waals surface area (Å²) in [4.78, 5) is 20.7. The van der Waals surface area contributed by atoms with Gasteiger partial charge >= 0.3 is 5.97 Å². The molecule has 0 fully saturated rings. The molecule has 11 heavy (non-hydrogen) atoms. The number of hydrogen-bond acceptors (Lipinski definition) is 2. The molecule has 0 bridgehead atoms. The van der Waals surface area contributed by atoms with E-state index >= 15 is 0 Å². The van der Waals surface area contributed by atoms with Gasteiger partial charge in [0.15, 0.2) is 0 Å². The standard InChI is InChI=1S/C7H7NO3/c9-6(7(10)11)5-8-3-1-2-4-8/h1-4H,5H2,(H,10,11). The molecule has 58 valence electrons. The number of aromatic nitrogens is 1. The lowest BCUT2D eigenvalue weighted by Crippen LogP contribution is -2.18. The number of aliphatic carboxylic acids is 1. The third-order valence-electron chi connectivity index (χ3n) is 1.23. The Morgan fingerprint density at radius 2 is 1.82 bits per heavy atom. The van der Waals surface area contributed by atoms with Crippen LogP contribution in [-0.4, -0.2) is 21.4 Å². The van der Waals surface area contributed by atoms with Gasteiger partial charge in [-0.05, 0) is 12.1 Å². The first kappa shape index (κ1) is 7.53. The first-order valence-electron chi connectivity index (χ1n) is 3.07. The van der Waals surface area contributed by atoms with Crippen molar-refractivity contribution in [2.24, 2.45) is 0 Å². The lowest BCUT2D eigenvalue weighted by atomic mass is 10.4. The van der Waals surface area contributed by atoms with Gasteiger partial charge in [0.25, 0.3) is 5.78 Å². The van der Waals surface area contributed by atoms with E-state index in [0.29, 0.717) is 0 Å². The van der Waals surface area contributed by atoms with Gasteiger partial charge < -0.3 is 9.67 Å². The second-order valence-corrected chi connectivity index (χ2v) is 2.08. The van der Waals surface area contributed by atoms with E-state index in [-0.39, 0.29) is 6.54 Å². The van der Waals surface area contributed by atoms with Crippen LogP contribution in [0.2, 0.25) is 0 Å². The molecule has 4 heteroatoms. The zero-order chi connectivity index (χ0) is 8.27. The van der Waals surface area contributed by atoms with Gasteiger partial charge in [-0.3, -0.25) is 4.79 Å². The highest BCUT2D eigenvalue weighted by atomic mass is 16.4. The summed E-state index contributed by atoms with van der Waals surface area (Å²) in [6.45, 7) is -0.0949. The lowest BCUT2D eigenvalue weighted by Gasteiger charge is -1.95. The summed E-state index contributed by atoms with van der Waals surface area (Å²) >= 11 is 0. The van der Waals surface area contributed by atoms with Crippen LogP contribution in [0.3, 0.4) is 0 Å². The Kier molecular flexibility index (Phi) is 2.06. The molecule has 0 aliphatic rings. The molecule has 0 aliphatic heterocycles. The van der Waals surface area contributed by atoms with Crippen molar-refractivity contribution in [2.75, 3.05) is 0 Å². The molecule has 0 saturated heterocycles. The van der Waals surface area contributed by atoms with Crippen LogP contribution >= 0.6 is 0 Å². The van der Waals surface area contributed by atoms with E-state index in [4.69, 9.17) is 5.11 Å². The fourth-order valence-corrected chi connectivity index (χ4v) is 0.709. The SMILES string of the molecule is O=C(O)C(=O)Cn1cccc1. The van der Waals surface area contributed by atoms with E-state index in [1.54, 1.807) is 24.5 Å². The van der Waals surface area contributed by atoms with E-state index in [0.717, 1.165) is 0 Å². The maximum Gasteiger partial charge on any atom is 0.374 e. The first-order chi connectivity index (χ1) is 5.20. The second-order valence-electron chi connectivity index (χ2n) is 2.08. The summed E-state index contributed by atoms with van der Waals surface area (Å²) in [5.41, 5.74) is 0. The Hall–Kier alpha value is -1.58. The van der Waals surface area contributed by atoms with Crippen molar-refractivity contribution >= 4 is 11.8 Å². The summed E-state index contributed by atoms with van der Waals surface area (Å²) in [6, 6.07) is 3.46. The van der Waals surface area contributed by atoms with Crippen molar-refractivity contribution in [1.82, 2.24) is 4.57 Å². The molecule has 0 atom stereocenters. The van der Waals surface area contributed by atoms with Crippen molar-refractivity contribution in [3.8, 4) is 0 Å². The fraction of sp³-hybridized carbons (Fsp3) is 0.143. The Bertz CT molecular complexity index is 263. The molecule has 0 radical (unpaired) electrons. The van der Waals surface area contributed by atoms with Crippen LogP contribution in [0.15, 0.2) is 24.5 Å². The molecule has 0 unspecified atom stereocenters. The van der Waals surface area contributed by atoms with Crippen molar-refractivity contribution in [3.05, 3.63) is 24.5 Å². The highest BCUT2D eigenvalue weighted by Crippen LogP contribution is 1.90. The molecule has 0 saturated carbocycles. The van der Waals surface area contributed by atoms with Gasteiger partial charge in [0.2, 0.25) is 0 Å². The topological polar surface area (TPSA) is 59.3 Å². The van der Waals surface area contributed by atoms with Gasteiger partial charge in [0, 0.05) is 12.4 Å². The molecular formula is C7H7NO3. The van der Waals surface area contributed by atoms with Crippen LogP contribution in [0.25, 0.3) is 0 Å². The van der Waals surface area contributed by atoms with Crippen LogP contribution in [0.5, 0.6) is 0 Å². The molecule has 0 aliphatic carbocycles. The minimum atomic E-state index is -1.39. The van der Waals surface area contributed by atoms with Gasteiger partial charge in [-0.15, -0.1) is 0 Å². The monoisotopic (exact) mass is 153 g/mol. The summed E-state index contributed by atoms with van der Waals surface area (Å²) in [5, 5.41) is 8.22. The minimum absolute atomic E-state index is 0.0949. The van der Waals surface area contributed by atoms with E-state index in [2.05, 4.69) is 0 Å². The molecule has 0 spiro atoms. The van der Waals surface area contributed by atoms with E-state index in [1.807, 2.05) is 0 Å². The van der Waals surface area contributed by atoms with Crippen molar-refractivity contribution in [3.63, 3.8) is 0 Å². The molecule has 0 aromatic carbocycles. The van der Waals surface area contributed by atoms with Gasteiger partial charge in [0.1, 0.15) is 0 Å². The average molecular weight is 153 g/mol. The molecule has 0 amide bonds. The van der Waals surface area contributed by atoms with E-state index < -0.39 is 11.8 Å². The maximum absolute atomic E-state index is 10.6. The summed E-state index contributed by atoms with van der Waals surface area (Å²) < 4.78 is 1.51. The number of carbonyl (C=O) groups excluding carboxylic acids is 1. The number of nitrogens with zero attached hydrogens (tertiary/aromatic N) is 1. The molecule has 1 rings (SSSR count). The smallest absolute Gasteiger partial charge is 0.374 e. The number of rotatable bonds is 3. The van der Waals surface area contributed by atoms with Crippen molar-refractivity contribution in [1.29, 1.82) is 0 Å². The summed E-state index contributed by atoms with van der Waals surface area (Å²) in [6.07, 6.45) is 3.28. The Balaban J connectivity index is 2.57. The average Bonchev–Trinajstić information content (AvgIpc) is 2.39. The predicted molar refractivity (Wildman–Crippen MR) is 37.1 cm³/mol. The maximum atomic E-state index is 10.6. The van der Waals surface area contributed by atoms with E-state index in [1.165, 1.54) is 4.57 Å². The Morgan fingerprint density at radius 3 is 2.27 bits per heavy atom. The van der Waals surface area contributed by atoms with Gasteiger partial charge in [-0.1, -0.05) is 0 Å². The molecule has 1 heterocycles. The first-order valence-corrected chi connectivity index (χ1v) is 3.07. The molecule has 4 nitrogen and oxygen atoms in total. The molecule has 1 aromatic rings. The number of ketones is 1. The van der Waals surface area contributed by atoms with Gasteiger partial charge in [-0.2, -0.15) is 0 Å². The highest BCUT2D eigenvalue weighted by Gasteiger charge is 2.10. The fourth-order valence-electron chi connectivity index (χ4n) is 0.709. The van der Waals surface area contributed by atoms with Crippen LogP contribution in [-0.2, 0) is 16.1 Å². The molecular weight excluding hydrogens is 146 g/mol. The van der Waals surface area contributed by atoms with Gasteiger partial charge in [-0.25, -0.2) is 4.79 Å². The third kappa shape index (κ3) is 1.93. The third-order valence-corrected chi connectivity index (χ3v) is 1.23. The van der Waals surface area contributed by atoms with Crippen LogP contribution in [0.1, 0.15) is 0 Å². The lowest BCUT2D eigenvalue weighted by molar-refractivity contribution is -0.149. The summed E-state index contributed by atoms with van der Waals surface area (Å²) in [7, 11) is 0.